The maximum atomic E-state index is 5.41. The highest BCUT2D eigenvalue weighted by molar-refractivity contribution is 7.21. The number of nitrogens with one attached hydrogen (secondary N) is 1. The molecule has 0 atom stereocenters. The number of nitrogens with two attached hydrogens (primary N) is 1. The number of aromatic nitrogens is 4. The predicted molar refractivity (Wildman–Crippen MR) is 88.9 cm³/mol. The second-order valence-corrected chi connectivity index (χ2v) is 5.84. The summed E-state index contributed by atoms with van der Waals surface area (Å²) in [6, 6.07) is 12.3. The number of nitrogens with zero attached hydrogens (tertiary/aromatic N) is 4. The topological polar surface area (TPSA) is 103 Å². The van der Waals surface area contributed by atoms with Crippen molar-refractivity contribution in [1.29, 1.82) is 0 Å². The fourth-order valence-corrected chi connectivity index (χ4v) is 3.24. The molecule has 0 spiro atoms. The second kappa shape index (κ2) is 5.65. The standard InChI is InChI=1S/C15H12N6OS/c16-15-21-20-12(22-15)7-17-13-10-6-11(9-4-2-1-3-5-9)23-14(10)19-8-18-13/h1-6,8H,7H2,(H2,16,21)(H,17,18,19). The van der Waals surface area contributed by atoms with Crippen LogP contribution < -0.4 is 11.1 Å². The Balaban J connectivity index is 1.66. The van der Waals surface area contributed by atoms with Gasteiger partial charge in [-0.05, 0) is 11.6 Å². The van der Waals surface area contributed by atoms with Crippen LogP contribution in [0.2, 0.25) is 0 Å². The molecule has 3 heterocycles. The normalized spacial score (nSPS) is 11.0. The molecule has 114 valence electrons. The fraction of sp³-hybridized carbons (Fsp3) is 0.0667. The van der Waals surface area contributed by atoms with Gasteiger partial charge in [0, 0.05) is 4.88 Å². The minimum atomic E-state index is 0.0523. The minimum Gasteiger partial charge on any atom is -0.406 e. The van der Waals surface area contributed by atoms with Gasteiger partial charge in [0.1, 0.15) is 17.0 Å². The number of hydrogen-bond donors (Lipinski definition) is 2. The number of nitrogen functional groups attached to an aromatic ring is 1. The highest BCUT2D eigenvalue weighted by Gasteiger charge is 2.11. The van der Waals surface area contributed by atoms with E-state index in [0.717, 1.165) is 26.5 Å². The molecule has 0 fully saturated rings. The molecule has 3 aromatic heterocycles. The molecule has 0 aliphatic heterocycles. The number of rotatable bonds is 4. The van der Waals surface area contributed by atoms with E-state index in [-0.39, 0.29) is 6.01 Å². The van der Waals surface area contributed by atoms with Crippen LogP contribution >= 0.6 is 11.3 Å². The highest BCUT2D eigenvalue weighted by atomic mass is 32.1. The lowest BCUT2D eigenvalue weighted by Crippen LogP contribution is -2.02. The van der Waals surface area contributed by atoms with Gasteiger partial charge < -0.3 is 15.5 Å². The fourth-order valence-electron chi connectivity index (χ4n) is 2.24. The average molecular weight is 324 g/mol. The van der Waals surface area contributed by atoms with Crippen LogP contribution in [-0.2, 0) is 6.54 Å². The first-order valence-electron chi connectivity index (χ1n) is 6.91. The third-order valence-corrected chi connectivity index (χ3v) is 4.37. The van der Waals surface area contributed by atoms with Gasteiger partial charge in [-0.3, -0.25) is 0 Å². The molecule has 8 heteroatoms. The van der Waals surface area contributed by atoms with Crippen LogP contribution in [0.4, 0.5) is 11.8 Å². The quantitative estimate of drug-likeness (QED) is 0.595. The first-order chi connectivity index (χ1) is 11.3. The van der Waals surface area contributed by atoms with Crippen molar-refractivity contribution >= 4 is 33.4 Å². The monoisotopic (exact) mass is 324 g/mol. The lowest BCUT2D eigenvalue weighted by atomic mass is 10.2. The van der Waals surface area contributed by atoms with E-state index in [2.05, 4.69) is 43.7 Å². The molecular weight excluding hydrogens is 312 g/mol. The van der Waals surface area contributed by atoms with Gasteiger partial charge in [0.25, 0.3) is 0 Å². The molecule has 0 unspecified atom stereocenters. The molecular formula is C15H12N6OS. The van der Waals surface area contributed by atoms with E-state index >= 15 is 0 Å². The van der Waals surface area contributed by atoms with Crippen molar-refractivity contribution < 1.29 is 4.42 Å². The lowest BCUT2D eigenvalue weighted by Gasteiger charge is -2.02. The molecule has 23 heavy (non-hydrogen) atoms. The van der Waals surface area contributed by atoms with Crippen LogP contribution in [0.3, 0.4) is 0 Å². The molecule has 0 bridgehead atoms. The Hall–Kier alpha value is -3.00. The van der Waals surface area contributed by atoms with Crippen LogP contribution in [0.25, 0.3) is 20.7 Å². The van der Waals surface area contributed by atoms with Gasteiger partial charge in [-0.1, -0.05) is 35.4 Å². The van der Waals surface area contributed by atoms with Crippen LogP contribution in [0.15, 0.2) is 47.1 Å². The smallest absolute Gasteiger partial charge is 0.312 e. The zero-order valence-corrected chi connectivity index (χ0v) is 12.7. The average Bonchev–Trinajstić information content (AvgIpc) is 3.20. The van der Waals surface area contributed by atoms with Crippen molar-refractivity contribution in [1.82, 2.24) is 20.2 Å². The number of fused-ring (bicyclic) bond motifs is 1. The van der Waals surface area contributed by atoms with Gasteiger partial charge in [-0.2, -0.15) is 0 Å². The number of hydrogen-bond acceptors (Lipinski definition) is 8. The Morgan fingerprint density at radius 1 is 1.13 bits per heavy atom. The van der Waals surface area contributed by atoms with E-state index < -0.39 is 0 Å². The predicted octanol–water partition coefficient (Wildman–Crippen LogP) is 2.94. The third-order valence-electron chi connectivity index (χ3n) is 3.28. The van der Waals surface area contributed by atoms with Crippen LogP contribution in [0, 0.1) is 0 Å². The number of thiophene rings is 1. The van der Waals surface area contributed by atoms with Crippen LogP contribution in [0.5, 0.6) is 0 Å². The lowest BCUT2D eigenvalue weighted by molar-refractivity contribution is 0.519. The summed E-state index contributed by atoms with van der Waals surface area (Å²) in [6.07, 6.45) is 1.54. The van der Waals surface area contributed by atoms with Crippen LogP contribution in [0.1, 0.15) is 5.89 Å². The van der Waals surface area contributed by atoms with E-state index in [1.807, 2.05) is 18.2 Å². The molecule has 0 aliphatic rings. The Bertz CT molecular complexity index is 949. The van der Waals surface area contributed by atoms with E-state index in [1.165, 1.54) is 6.33 Å². The van der Waals surface area contributed by atoms with Crippen molar-refractivity contribution in [3.8, 4) is 10.4 Å². The number of benzene rings is 1. The third kappa shape index (κ3) is 2.71. The second-order valence-electron chi connectivity index (χ2n) is 4.81. The van der Waals surface area contributed by atoms with E-state index in [0.29, 0.717) is 12.4 Å². The van der Waals surface area contributed by atoms with Gasteiger partial charge >= 0.3 is 6.01 Å². The molecule has 3 N–H and O–H groups in total. The molecule has 0 amide bonds. The minimum absolute atomic E-state index is 0.0523. The van der Waals surface area contributed by atoms with Gasteiger partial charge in [0.15, 0.2) is 0 Å². The Kier molecular flexibility index (Phi) is 3.35. The SMILES string of the molecule is Nc1nnc(CNc2ncnc3sc(-c4ccccc4)cc23)o1. The van der Waals surface area contributed by atoms with Gasteiger partial charge in [0.2, 0.25) is 5.89 Å². The summed E-state index contributed by atoms with van der Waals surface area (Å²) in [5.41, 5.74) is 6.57. The summed E-state index contributed by atoms with van der Waals surface area (Å²) < 4.78 is 5.14. The van der Waals surface area contributed by atoms with Crippen molar-refractivity contribution in [2.45, 2.75) is 6.54 Å². The summed E-state index contributed by atoms with van der Waals surface area (Å²) in [7, 11) is 0. The van der Waals surface area contributed by atoms with Crippen molar-refractivity contribution in [2.24, 2.45) is 0 Å². The molecule has 0 saturated heterocycles. The summed E-state index contributed by atoms with van der Waals surface area (Å²) in [6.45, 7) is 0.354. The zero-order valence-electron chi connectivity index (χ0n) is 11.9. The Morgan fingerprint density at radius 2 is 2.00 bits per heavy atom. The Labute approximate surface area is 135 Å². The van der Waals surface area contributed by atoms with Gasteiger partial charge in [-0.25, -0.2) is 9.97 Å². The maximum Gasteiger partial charge on any atom is 0.312 e. The highest BCUT2D eigenvalue weighted by Crippen LogP contribution is 2.34. The zero-order chi connectivity index (χ0) is 15.6. The van der Waals surface area contributed by atoms with Crippen molar-refractivity contribution in [3.05, 3.63) is 48.6 Å². The Morgan fingerprint density at radius 3 is 2.78 bits per heavy atom. The van der Waals surface area contributed by atoms with E-state index in [4.69, 9.17) is 10.2 Å². The molecule has 0 radical (unpaired) electrons. The summed E-state index contributed by atoms with van der Waals surface area (Å²) in [5, 5.41) is 11.6. The molecule has 4 rings (SSSR count). The van der Waals surface area contributed by atoms with E-state index in [9.17, 15) is 0 Å². The molecule has 0 aliphatic carbocycles. The van der Waals surface area contributed by atoms with Gasteiger partial charge in [0.05, 0.1) is 11.9 Å². The largest absolute Gasteiger partial charge is 0.406 e. The van der Waals surface area contributed by atoms with Crippen molar-refractivity contribution in [3.63, 3.8) is 0 Å². The molecule has 1 aromatic carbocycles. The molecule has 0 saturated carbocycles. The first kappa shape index (κ1) is 13.6. The summed E-state index contributed by atoms with van der Waals surface area (Å²) in [4.78, 5) is 10.7. The number of anilines is 2. The summed E-state index contributed by atoms with van der Waals surface area (Å²) in [5.74, 6) is 1.14. The first-order valence-corrected chi connectivity index (χ1v) is 7.73. The van der Waals surface area contributed by atoms with Crippen LogP contribution in [-0.4, -0.2) is 20.2 Å². The van der Waals surface area contributed by atoms with Crippen molar-refractivity contribution in [2.75, 3.05) is 11.1 Å². The summed E-state index contributed by atoms with van der Waals surface area (Å²) >= 11 is 1.63. The van der Waals surface area contributed by atoms with E-state index in [1.54, 1.807) is 11.3 Å². The van der Waals surface area contributed by atoms with Gasteiger partial charge in [-0.15, -0.1) is 16.4 Å². The molecule has 4 aromatic rings. The maximum absolute atomic E-state index is 5.41. The molecule has 7 nitrogen and oxygen atoms in total.